The Kier molecular flexibility index (Phi) is 19.9. The number of unbranched alkanes of at least 4 members (excludes halogenated alkanes) is 14. The fourth-order valence-electron chi connectivity index (χ4n) is 4.63. The third-order valence-electron chi connectivity index (χ3n) is 7.14. The maximum Gasteiger partial charge on any atom is 0.340 e. The molecule has 0 aliphatic carbocycles. The Balaban J connectivity index is 0.000000400. The van der Waals surface area contributed by atoms with Crippen molar-refractivity contribution in [1.82, 2.24) is 0 Å². The quantitative estimate of drug-likeness (QED) is 0.0853. The summed E-state index contributed by atoms with van der Waals surface area (Å²) < 4.78 is 5.24. The molecule has 6 heteroatoms. The average molecular weight is 555 g/mol. The van der Waals surface area contributed by atoms with Crippen LogP contribution in [0, 0.1) is 0 Å². The van der Waals surface area contributed by atoms with Crippen LogP contribution in [0.25, 0.3) is 0 Å². The second kappa shape index (κ2) is 22.8. The number of carbonyl (C=O) groups is 2. The van der Waals surface area contributed by atoms with Gasteiger partial charge in [-0.05, 0) is 43.0 Å². The van der Waals surface area contributed by atoms with Crippen molar-refractivity contribution in [3.8, 4) is 0 Å². The molecule has 0 fully saturated rings. The van der Waals surface area contributed by atoms with Crippen molar-refractivity contribution in [3.63, 3.8) is 0 Å². The monoisotopic (exact) mass is 554 g/mol. The van der Waals surface area contributed by atoms with Gasteiger partial charge in [0, 0.05) is 11.4 Å². The molecule has 0 aromatic heterocycles. The first-order valence-electron chi connectivity index (χ1n) is 15.5. The van der Waals surface area contributed by atoms with Gasteiger partial charge in [0.25, 0.3) is 0 Å². The fraction of sp³-hybridized carbons (Fsp3) is 0.588. The number of benzene rings is 2. The average Bonchev–Trinajstić information content (AvgIpc) is 2.94. The number of ether oxygens (including phenoxy) is 1. The first-order valence-corrected chi connectivity index (χ1v) is 15.5. The highest BCUT2D eigenvalue weighted by molar-refractivity contribution is 5.95. The molecule has 2 rings (SSSR count). The van der Waals surface area contributed by atoms with E-state index in [1.165, 1.54) is 83.5 Å². The van der Waals surface area contributed by atoms with Crippen LogP contribution < -0.4 is 11.5 Å². The van der Waals surface area contributed by atoms with Gasteiger partial charge in [-0.15, -0.1) is 0 Å². The van der Waals surface area contributed by atoms with Gasteiger partial charge in [0.2, 0.25) is 0 Å². The summed E-state index contributed by atoms with van der Waals surface area (Å²) in [6, 6.07) is 12.3. The molecular formula is C34H54N2O4. The molecule has 0 saturated carbocycles. The van der Waals surface area contributed by atoms with Crippen LogP contribution in [0.3, 0.4) is 0 Å². The Morgan fingerprint density at radius 2 is 1.15 bits per heavy atom. The third-order valence-corrected chi connectivity index (χ3v) is 7.14. The summed E-state index contributed by atoms with van der Waals surface area (Å²) in [5.41, 5.74) is 14.2. The lowest BCUT2D eigenvalue weighted by molar-refractivity contribution is 0.0498. The van der Waals surface area contributed by atoms with E-state index in [-0.39, 0.29) is 11.5 Å². The van der Waals surface area contributed by atoms with Gasteiger partial charge in [-0.25, -0.2) is 9.59 Å². The molecule has 2 aromatic carbocycles. The summed E-state index contributed by atoms with van der Waals surface area (Å²) in [5, 5.41) is 9.02. The lowest BCUT2D eigenvalue weighted by atomic mass is 10.0. The second-order valence-electron chi connectivity index (χ2n) is 10.6. The van der Waals surface area contributed by atoms with Gasteiger partial charge < -0.3 is 21.3 Å². The second-order valence-corrected chi connectivity index (χ2v) is 10.6. The lowest BCUT2D eigenvalue weighted by Gasteiger charge is -2.08. The van der Waals surface area contributed by atoms with Gasteiger partial charge in [-0.2, -0.15) is 0 Å². The molecule has 0 radical (unpaired) electrons. The number of carboxylic acids is 1. The Labute approximate surface area is 242 Å². The van der Waals surface area contributed by atoms with Gasteiger partial charge in [0.1, 0.15) is 0 Å². The van der Waals surface area contributed by atoms with E-state index >= 15 is 0 Å². The number of aryl methyl sites for hydroxylation is 1. The maximum absolute atomic E-state index is 11.8. The van der Waals surface area contributed by atoms with Crippen molar-refractivity contribution in [2.24, 2.45) is 0 Å². The predicted octanol–water partition coefficient (Wildman–Crippen LogP) is 9.22. The number of anilines is 2. The van der Waals surface area contributed by atoms with E-state index in [2.05, 4.69) is 13.8 Å². The molecule has 0 spiro atoms. The van der Waals surface area contributed by atoms with Crippen LogP contribution in [0.15, 0.2) is 42.5 Å². The minimum absolute atomic E-state index is 0.224. The number of nitrogens with two attached hydrogens (primary N) is 2. The predicted molar refractivity (Wildman–Crippen MR) is 168 cm³/mol. The summed E-state index contributed by atoms with van der Waals surface area (Å²) in [7, 11) is 0. The minimum Gasteiger partial charge on any atom is -0.478 e. The third kappa shape index (κ3) is 15.5. The van der Waals surface area contributed by atoms with Crippen molar-refractivity contribution in [2.45, 2.75) is 123 Å². The van der Waals surface area contributed by atoms with Crippen LogP contribution in [0.5, 0.6) is 0 Å². The minimum atomic E-state index is -0.944. The van der Waals surface area contributed by atoms with E-state index in [1.807, 2.05) is 12.1 Å². The van der Waals surface area contributed by atoms with Crippen LogP contribution in [0.4, 0.5) is 11.4 Å². The van der Waals surface area contributed by atoms with E-state index in [9.17, 15) is 9.59 Å². The molecular weight excluding hydrogens is 500 g/mol. The largest absolute Gasteiger partial charge is 0.478 e. The van der Waals surface area contributed by atoms with Crippen LogP contribution >= 0.6 is 0 Å². The molecule has 0 heterocycles. The summed E-state index contributed by atoms with van der Waals surface area (Å²) >= 11 is 0. The Hall–Kier alpha value is -3.02. The first kappa shape index (κ1) is 35.0. The molecule has 6 nitrogen and oxygen atoms in total. The molecule has 0 saturated heterocycles. The number of para-hydroxylation sites is 2. The number of carboxylic acid groups (broad SMARTS) is 1. The molecule has 0 amide bonds. The van der Waals surface area contributed by atoms with Gasteiger partial charge in [0.05, 0.1) is 17.7 Å². The normalized spacial score (nSPS) is 10.6. The zero-order chi connectivity index (χ0) is 29.4. The van der Waals surface area contributed by atoms with Crippen molar-refractivity contribution in [2.75, 3.05) is 18.1 Å². The number of rotatable bonds is 20. The number of nitrogen functional groups attached to an aromatic ring is 2. The van der Waals surface area contributed by atoms with Gasteiger partial charge in [0.15, 0.2) is 0 Å². The fourth-order valence-corrected chi connectivity index (χ4v) is 4.63. The van der Waals surface area contributed by atoms with Gasteiger partial charge in [-0.1, -0.05) is 128 Å². The van der Waals surface area contributed by atoms with Crippen LogP contribution in [-0.4, -0.2) is 23.7 Å². The molecule has 0 bridgehead atoms. The maximum atomic E-state index is 11.8. The zero-order valence-corrected chi connectivity index (χ0v) is 25.1. The molecule has 0 atom stereocenters. The zero-order valence-electron chi connectivity index (χ0n) is 25.1. The summed E-state index contributed by atoms with van der Waals surface area (Å²) in [5.74, 6) is -1.26. The smallest absolute Gasteiger partial charge is 0.340 e. The summed E-state index contributed by atoms with van der Waals surface area (Å²) in [6.07, 6.45) is 21.0. The molecule has 5 N–H and O–H groups in total. The van der Waals surface area contributed by atoms with Crippen LogP contribution in [0.1, 0.15) is 143 Å². The molecule has 0 aliphatic rings. The topological polar surface area (TPSA) is 116 Å². The van der Waals surface area contributed by atoms with Crippen molar-refractivity contribution < 1.29 is 19.4 Å². The van der Waals surface area contributed by atoms with Crippen LogP contribution in [0.2, 0.25) is 0 Å². The molecule has 2 aromatic rings. The molecule has 0 aliphatic heterocycles. The van der Waals surface area contributed by atoms with E-state index in [0.29, 0.717) is 23.5 Å². The lowest BCUT2D eigenvalue weighted by Crippen LogP contribution is -2.09. The number of hydrogen-bond donors (Lipinski definition) is 3. The highest BCUT2D eigenvalue weighted by atomic mass is 16.5. The molecule has 0 unspecified atom stereocenters. The van der Waals surface area contributed by atoms with Crippen molar-refractivity contribution in [1.29, 1.82) is 0 Å². The number of carbonyl (C=O) groups excluding carboxylic acids is 1. The van der Waals surface area contributed by atoms with Crippen molar-refractivity contribution >= 4 is 23.3 Å². The van der Waals surface area contributed by atoms with Gasteiger partial charge >= 0.3 is 11.9 Å². The van der Waals surface area contributed by atoms with E-state index < -0.39 is 5.97 Å². The SMILES string of the molecule is CCCCCCCCCCOC(=O)c1ccccc1N.CCCCCCCCCCc1cccc(C(=O)O)c1N. The van der Waals surface area contributed by atoms with E-state index in [1.54, 1.807) is 30.3 Å². The number of aromatic carboxylic acids is 1. The number of esters is 1. The van der Waals surface area contributed by atoms with Crippen molar-refractivity contribution in [3.05, 3.63) is 59.2 Å². The van der Waals surface area contributed by atoms with Gasteiger partial charge in [-0.3, -0.25) is 0 Å². The highest BCUT2D eigenvalue weighted by Crippen LogP contribution is 2.20. The van der Waals surface area contributed by atoms with E-state index in [0.717, 1.165) is 31.2 Å². The first-order chi connectivity index (χ1) is 19.4. The molecule has 40 heavy (non-hydrogen) atoms. The summed E-state index contributed by atoms with van der Waals surface area (Å²) in [4.78, 5) is 22.8. The van der Waals surface area contributed by atoms with Crippen LogP contribution in [-0.2, 0) is 11.2 Å². The summed E-state index contributed by atoms with van der Waals surface area (Å²) in [6.45, 7) is 4.95. The Bertz CT molecular complexity index is 961. The highest BCUT2D eigenvalue weighted by Gasteiger charge is 2.11. The molecule has 224 valence electrons. The standard InChI is InChI=1S/2C17H27NO2/c1-2-3-4-5-6-7-8-11-14-20-17(19)15-12-9-10-13-16(15)18;1-2-3-4-5-6-7-8-9-11-14-12-10-13-15(16(14)18)17(19)20/h9-10,12-13H,2-8,11,14,18H2,1H3;10,12-13H,2-9,11,18H2,1H3,(H,19,20). The number of hydrogen-bond acceptors (Lipinski definition) is 5. The van der Waals surface area contributed by atoms with E-state index in [4.69, 9.17) is 21.3 Å². The Morgan fingerprint density at radius 3 is 1.70 bits per heavy atom. The Morgan fingerprint density at radius 1 is 0.650 bits per heavy atom.